The van der Waals surface area contributed by atoms with Gasteiger partial charge in [-0.15, -0.1) is 0 Å². The van der Waals surface area contributed by atoms with Crippen LogP contribution in [0.1, 0.15) is 29.7 Å². The van der Waals surface area contributed by atoms with Gasteiger partial charge in [0.2, 0.25) is 0 Å². The van der Waals surface area contributed by atoms with Crippen LogP contribution in [0.4, 0.5) is 4.39 Å². The molecule has 0 aliphatic rings. The summed E-state index contributed by atoms with van der Waals surface area (Å²) in [6.45, 7) is 4.80. The lowest BCUT2D eigenvalue weighted by atomic mass is 9.97. The Kier molecular flexibility index (Phi) is 4.69. The van der Waals surface area contributed by atoms with E-state index in [4.69, 9.17) is 0 Å². The number of likely N-dealkylation sites (N-methyl/N-ethyl adjacent to an activating group) is 1. The molecule has 0 saturated carbocycles. The fourth-order valence-corrected chi connectivity index (χ4v) is 2.29. The van der Waals surface area contributed by atoms with Crippen LogP contribution in [0, 0.1) is 12.7 Å². The van der Waals surface area contributed by atoms with Gasteiger partial charge in [0.1, 0.15) is 5.82 Å². The van der Waals surface area contributed by atoms with E-state index in [9.17, 15) is 4.39 Å². The van der Waals surface area contributed by atoms with E-state index in [1.165, 1.54) is 5.56 Å². The smallest absolute Gasteiger partial charge is 0.126 e. The van der Waals surface area contributed by atoms with Crippen LogP contribution in [0.5, 0.6) is 0 Å². The molecule has 0 aromatic heterocycles. The number of halogens is 1. The Morgan fingerprint density at radius 2 is 1.84 bits per heavy atom. The second-order valence-corrected chi connectivity index (χ2v) is 4.81. The monoisotopic (exact) mass is 257 g/mol. The van der Waals surface area contributed by atoms with Crippen LogP contribution in [0.25, 0.3) is 0 Å². The number of aryl methyl sites for hydroxylation is 1. The van der Waals surface area contributed by atoms with Gasteiger partial charge in [0.25, 0.3) is 0 Å². The van der Waals surface area contributed by atoms with E-state index >= 15 is 0 Å². The van der Waals surface area contributed by atoms with Crippen LogP contribution < -0.4 is 5.32 Å². The van der Waals surface area contributed by atoms with Crippen LogP contribution in [0.3, 0.4) is 0 Å². The fourth-order valence-electron chi connectivity index (χ4n) is 2.29. The predicted octanol–water partition coefficient (Wildman–Crippen LogP) is 4.03. The molecular weight excluding hydrogens is 237 g/mol. The molecule has 0 radical (unpaired) electrons. The van der Waals surface area contributed by atoms with Crippen molar-refractivity contribution >= 4 is 0 Å². The molecule has 2 heteroatoms. The maximum Gasteiger partial charge on any atom is 0.126 e. The van der Waals surface area contributed by atoms with Crippen molar-refractivity contribution in [2.75, 3.05) is 6.54 Å². The van der Waals surface area contributed by atoms with E-state index in [-0.39, 0.29) is 11.9 Å². The van der Waals surface area contributed by atoms with E-state index in [1.54, 1.807) is 6.07 Å². The first-order valence-corrected chi connectivity index (χ1v) is 6.74. The lowest BCUT2D eigenvalue weighted by molar-refractivity contribution is 0.546. The topological polar surface area (TPSA) is 12.0 Å². The van der Waals surface area contributed by atoms with Crippen LogP contribution in [0.2, 0.25) is 0 Å². The van der Waals surface area contributed by atoms with Crippen molar-refractivity contribution in [2.24, 2.45) is 0 Å². The van der Waals surface area contributed by atoms with Crippen LogP contribution in [-0.4, -0.2) is 6.54 Å². The molecule has 19 heavy (non-hydrogen) atoms. The van der Waals surface area contributed by atoms with Crippen LogP contribution in [-0.2, 0) is 6.42 Å². The quantitative estimate of drug-likeness (QED) is 0.852. The Hall–Kier alpha value is -1.67. The molecule has 100 valence electrons. The highest BCUT2D eigenvalue weighted by atomic mass is 19.1. The lowest BCUT2D eigenvalue weighted by Crippen LogP contribution is -2.23. The van der Waals surface area contributed by atoms with Crippen molar-refractivity contribution in [3.8, 4) is 0 Å². The maximum absolute atomic E-state index is 13.4. The standard InChI is InChI=1S/C17H20FN/c1-3-19-17(12-14-7-5-4-6-8-14)15-9-10-16(18)13(2)11-15/h4-11,17,19H,3,12H2,1-2H3. The van der Waals surface area contributed by atoms with Crippen LogP contribution in [0.15, 0.2) is 48.5 Å². The average molecular weight is 257 g/mol. The van der Waals surface area contributed by atoms with Crippen molar-refractivity contribution in [3.63, 3.8) is 0 Å². The summed E-state index contributed by atoms with van der Waals surface area (Å²) < 4.78 is 13.4. The van der Waals surface area contributed by atoms with Gasteiger partial charge in [-0.05, 0) is 42.6 Å². The van der Waals surface area contributed by atoms with Gasteiger partial charge in [-0.3, -0.25) is 0 Å². The Morgan fingerprint density at radius 3 is 2.47 bits per heavy atom. The normalized spacial score (nSPS) is 12.4. The van der Waals surface area contributed by atoms with Crippen molar-refractivity contribution in [1.82, 2.24) is 5.32 Å². The molecule has 1 atom stereocenters. The fraction of sp³-hybridized carbons (Fsp3) is 0.294. The molecular formula is C17H20FN. The lowest BCUT2D eigenvalue weighted by Gasteiger charge is -2.19. The Bertz CT molecular complexity index is 522. The third-order valence-electron chi connectivity index (χ3n) is 3.32. The summed E-state index contributed by atoms with van der Waals surface area (Å²) in [5, 5.41) is 3.47. The zero-order chi connectivity index (χ0) is 13.7. The van der Waals surface area contributed by atoms with Gasteiger partial charge in [0, 0.05) is 6.04 Å². The molecule has 1 N–H and O–H groups in total. The number of hydrogen-bond acceptors (Lipinski definition) is 1. The number of nitrogens with one attached hydrogen (secondary N) is 1. The van der Waals surface area contributed by atoms with Crippen molar-refractivity contribution in [1.29, 1.82) is 0 Å². The molecule has 2 rings (SSSR count). The summed E-state index contributed by atoms with van der Waals surface area (Å²) in [5.41, 5.74) is 3.13. The first-order chi connectivity index (χ1) is 9.20. The van der Waals surface area contributed by atoms with E-state index in [1.807, 2.05) is 37.3 Å². The summed E-state index contributed by atoms with van der Waals surface area (Å²) in [6.07, 6.45) is 0.916. The second-order valence-electron chi connectivity index (χ2n) is 4.81. The van der Waals surface area contributed by atoms with E-state index in [0.717, 1.165) is 18.5 Å². The molecule has 0 saturated heterocycles. The molecule has 0 spiro atoms. The van der Waals surface area contributed by atoms with Crippen molar-refractivity contribution in [3.05, 3.63) is 71.0 Å². The third kappa shape index (κ3) is 3.65. The molecule has 0 bridgehead atoms. The van der Waals surface area contributed by atoms with Crippen LogP contribution >= 0.6 is 0 Å². The van der Waals surface area contributed by atoms with Gasteiger partial charge in [-0.2, -0.15) is 0 Å². The molecule has 0 fully saturated rings. The van der Waals surface area contributed by atoms with E-state index < -0.39 is 0 Å². The van der Waals surface area contributed by atoms with Crippen molar-refractivity contribution in [2.45, 2.75) is 26.3 Å². The maximum atomic E-state index is 13.4. The van der Waals surface area contributed by atoms with Gasteiger partial charge < -0.3 is 5.32 Å². The van der Waals surface area contributed by atoms with Crippen molar-refractivity contribution < 1.29 is 4.39 Å². The number of benzene rings is 2. The highest BCUT2D eigenvalue weighted by molar-refractivity contribution is 5.28. The summed E-state index contributed by atoms with van der Waals surface area (Å²) >= 11 is 0. The number of hydrogen-bond donors (Lipinski definition) is 1. The first kappa shape index (κ1) is 13.8. The predicted molar refractivity (Wildman–Crippen MR) is 77.7 cm³/mol. The molecule has 1 unspecified atom stereocenters. The van der Waals surface area contributed by atoms with E-state index in [0.29, 0.717) is 5.56 Å². The third-order valence-corrected chi connectivity index (χ3v) is 3.32. The second kappa shape index (κ2) is 6.48. The van der Waals surface area contributed by atoms with E-state index in [2.05, 4.69) is 24.4 Å². The minimum absolute atomic E-state index is 0.140. The molecule has 0 heterocycles. The highest BCUT2D eigenvalue weighted by Gasteiger charge is 2.12. The minimum atomic E-state index is -0.140. The molecule has 2 aromatic rings. The molecule has 0 aliphatic heterocycles. The highest BCUT2D eigenvalue weighted by Crippen LogP contribution is 2.20. The summed E-state index contributed by atoms with van der Waals surface area (Å²) in [5.74, 6) is -0.140. The zero-order valence-electron chi connectivity index (χ0n) is 11.5. The SMILES string of the molecule is CCNC(Cc1ccccc1)c1ccc(F)c(C)c1. The summed E-state index contributed by atoms with van der Waals surface area (Å²) in [7, 11) is 0. The number of rotatable bonds is 5. The Balaban J connectivity index is 2.21. The Labute approximate surface area is 114 Å². The van der Waals surface area contributed by atoms with Gasteiger partial charge >= 0.3 is 0 Å². The Morgan fingerprint density at radius 1 is 1.11 bits per heavy atom. The van der Waals surface area contributed by atoms with Gasteiger partial charge in [0.05, 0.1) is 0 Å². The zero-order valence-corrected chi connectivity index (χ0v) is 11.5. The van der Waals surface area contributed by atoms with Gasteiger partial charge in [-0.25, -0.2) is 4.39 Å². The summed E-state index contributed by atoms with van der Waals surface area (Å²) in [4.78, 5) is 0. The molecule has 0 amide bonds. The molecule has 1 nitrogen and oxygen atoms in total. The average Bonchev–Trinajstić information content (AvgIpc) is 2.43. The minimum Gasteiger partial charge on any atom is -0.310 e. The summed E-state index contributed by atoms with van der Waals surface area (Å²) in [6, 6.07) is 16.0. The van der Waals surface area contributed by atoms with Gasteiger partial charge in [0.15, 0.2) is 0 Å². The molecule has 2 aromatic carbocycles. The van der Waals surface area contributed by atoms with Gasteiger partial charge in [-0.1, -0.05) is 49.4 Å². The first-order valence-electron chi connectivity index (χ1n) is 6.74. The molecule has 0 aliphatic carbocycles. The largest absolute Gasteiger partial charge is 0.310 e.